The fraction of sp³-hybridized carbons (Fsp3) is 0.417. The highest BCUT2D eigenvalue weighted by molar-refractivity contribution is 5.56. The van der Waals surface area contributed by atoms with Crippen molar-refractivity contribution in [2.24, 2.45) is 0 Å². The molecule has 0 atom stereocenters. The van der Waals surface area contributed by atoms with E-state index in [2.05, 4.69) is 25.8 Å². The summed E-state index contributed by atoms with van der Waals surface area (Å²) in [6, 6.07) is 1.90. The van der Waals surface area contributed by atoms with Crippen LogP contribution in [0, 0.1) is 13.8 Å². The summed E-state index contributed by atoms with van der Waals surface area (Å²) in [4.78, 5) is 8.41. The van der Waals surface area contributed by atoms with Crippen LogP contribution < -0.4 is 10.6 Å². The van der Waals surface area contributed by atoms with Gasteiger partial charge in [-0.3, -0.25) is 0 Å². The van der Waals surface area contributed by atoms with Crippen molar-refractivity contribution in [2.75, 3.05) is 17.2 Å². The quantitative estimate of drug-likeness (QED) is 0.843. The molecule has 0 saturated carbocycles. The number of nitrogens with one attached hydrogen (secondary N) is 2. The van der Waals surface area contributed by atoms with Crippen molar-refractivity contribution in [1.29, 1.82) is 0 Å². The summed E-state index contributed by atoms with van der Waals surface area (Å²) in [7, 11) is 0. The average Bonchev–Trinajstić information content (AvgIpc) is 2.77. The minimum absolute atomic E-state index is 0.584. The molecule has 2 rings (SSSR count). The summed E-state index contributed by atoms with van der Waals surface area (Å²) in [5, 5.41) is 10.3. The molecule has 0 fully saturated rings. The van der Waals surface area contributed by atoms with Gasteiger partial charge < -0.3 is 15.2 Å². The second kappa shape index (κ2) is 5.48. The van der Waals surface area contributed by atoms with E-state index >= 15 is 0 Å². The smallest absolute Gasteiger partial charge is 0.134 e. The summed E-state index contributed by atoms with van der Waals surface area (Å²) in [6.45, 7) is 7.30. The predicted molar refractivity (Wildman–Crippen MR) is 69.5 cm³/mol. The molecule has 2 heterocycles. The molecular formula is C12H17N5O. The lowest BCUT2D eigenvalue weighted by Gasteiger charge is -2.10. The van der Waals surface area contributed by atoms with Crippen molar-refractivity contribution in [2.45, 2.75) is 27.3 Å². The van der Waals surface area contributed by atoms with E-state index in [-0.39, 0.29) is 0 Å². The molecule has 0 radical (unpaired) electrons. The highest BCUT2D eigenvalue weighted by Gasteiger charge is 2.07. The molecule has 0 aromatic carbocycles. The van der Waals surface area contributed by atoms with Crippen molar-refractivity contribution in [3.8, 4) is 0 Å². The number of anilines is 2. The fourth-order valence-electron chi connectivity index (χ4n) is 1.65. The van der Waals surface area contributed by atoms with E-state index in [1.807, 2.05) is 26.8 Å². The maximum atomic E-state index is 5.01. The number of hydrogen-bond donors (Lipinski definition) is 2. The van der Waals surface area contributed by atoms with E-state index in [1.54, 1.807) is 6.33 Å². The SMILES string of the molecule is CCNc1ncnc(NCc2cc(C)on2)c1C. The van der Waals surface area contributed by atoms with Crippen LogP contribution in [0.25, 0.3) is 0 Å². The van der Waals surface area contributed by atoms with Gasteiger partial charge in [0, 0.05) is 18.2 Å². The number of hydrogen-bond acceptors (Lipinski definition) is 6. The summed E-state index contributed by atoms with van der Waals surface area (Å²) in [6.07, 6.45) is 1.54. The summed E-state index contributed by atoms with van der Waals surface area (Å²) in [5.41, 5.74) is 1.86. The number of nitrogens with zero attached hydrogens (tertiary/aromatic N) is 3. The summed E-state index contributed by atoms with van der Waals surface area (Å²) >= 11 is 0. The van der Waals surface area contributed by atoms with Gasteiger partial charge in [-0.2, -0.15) is 0 Å². The van der Waals surface area contributed by atoms with Crippen LogP contribution in [0.3, 0.4) is 0 Å². The lowest BCUT2D eigenvalue weighted by atomic mass is 10.3. The van der Waals surface area contributed by atoms with Crippen LogP contribution in [0.15, 0.2) is 16.9 Å². The maximum absolute atomic E-state index is 5.01. The van der Waals surface area contributed by atoms with Gasteiger partial charge in [-0.15, -0.1) is 0 Å². The molecule has 0 aliphatic carbocycles. The molecule has 0 aliphatic heterocycles. The zero-order valence-corrected chi connectivity index (χ0v) is 10.8. The first-order chi connectivity index (χ1) is 8.70. The van der Waals surface area contributed by atoms with Crippen molar-refractivity contribution < 1.29 is 4.52 Å². The normalized spacial score (nSPS) is 10.4. The van der Waals surface area contributed by atoms with Crippen LogP contribution in [0.2, 0.25) is 0 Å². The highest BCUT2D eigenvalue weighted by atomic mass is 16.5. The molecule has 6 nitrogen and oxygen atoms in total. The molecule has 2 aromatic rings. The molecule has 0 saturated heterocycles. The third-order valence-electron chi connectivity index (χ3n) is 2.54. The van der Waals surface area contributed by atoms with Crippen molar-refractivity contribution in [3.05, 3.63) is 29.4 Å². The van der Waals surface area contributed by atoms with Gasteiger partial charge in [0.25, 0.3) is 0 Å². The van der Waals surface area contributed by atoms with Crippen LogP contribution in [0.1, 0.15) is 23.9 Å². The Morgan fingerprint density at radius 1 is 1.17 bits per heavy atom. The Bertz CT molecular complexity index is 523. The third kappa shape index (κ3) is 2.77. The number of rotatable bonds is 5. The van der Waals surface area contributed by atoms with Gasteiger partial charge in [0.05, 0.1) is 6.54 Å². The first-order valence-electron chi connectivity index (χ1n) is 5.92. The highest BCUT2D eigenvalue weighted by Crippen LogP contribution is 2.18. The fourth-order valence-corrected chi connectivity index (χ4v) is 1.65. The zero-order chi connectivity index (χ0) is 13.0. The lowest BCUT2D eigenvalue weighted by molar-refractivity contribution is 0.391. The lowest BCUT2D eigenvalue weighted by Crippen LogP contribution is -2.08. The topological polar surface area (TPSA) is 75.9 Å². The summed E-state index contributed by atoms with van der Waals surface area (Å²) in [5.74, 6) is 2.47. The molecule has 6 heteroatoms. The largest absolute Gasteiger partial charge is 0.370 e. The average molecular weight is 247 g/mol. The Balaban J connectivity index is 2.07. The van der Waals surface area contributed by atoms with Crippen LogP contribution in [-0.4, -0.2) is 21.7 Å². The van der Waals surface area contributed by atoms with Crippen molar-refractivity contribution in [3.63, 3.8) is 0 Å². The van der Waals surface area contributed by atoms with Crippen LogP contribution in [0.5, 0.6) is 0 Å². The van der Waals surface area contributed by atoms with Gasteiger partial charge in [-0.1, -0.05) is 5.16 Å². The maximum Gasteiger partial charge on any atom is 0.134 e. The van der Waals surface area contributed by atoms with E-state index in [0.717, 1.165) is 35.2 Å². The zero-order valence-electron chi connectivity index (χ0n) is 10.8. The molecule has 2 aromatic heterocycles. The van der Waals surface area contributed by atoms with Gasteiger partial charge in [0.15, 0.2) is 0 Å². The van der Waals surface area contributed by atoms with E-state index in [1.165, 1.54) is 0 Å². The van der Waals surface area contributed by atoms with Gasteiger partial charge in [0.1, 0.15) is 29.4 Å². The molecule has 0 unspecified atom stereocenters. The first-order valence-corrected chi connectivity index (χ1v) is 5.92. The molecule has 0 bridgehead atoms. The molecule has 18 heavy (non-hydrogen) atoms. The van der Waals surface area contributed by atoms with Crippen molar-refractivity contribution >= 4 is 11.6 Å². The second-order valence-electron chi connectivity index (χ2n) is 4.01. The van der Waals surface area contributed by atoms with Gasteiger partial charge in [-0.05, 0) is 20.8 Å². The van der Waals surface area contributed by atoms with Gasteiger partial charge in [0.2, 0.25) is 0 Å². The molecule has 0 aliphatic rings. The molecule has 0 amide bonds. The van der Waals surface area contributed by atoms with E-state index in [9.17, 15) is 0 Å². The first kappa shape index (κ1) is 12.3. The molecule has 0 spiro atoms. The monoisotopic (exact) mass is 247 g/mol. The Morgan fingerprint density at radius 3 is 2.50 bits per heavy atom. The van der Waals surface area contributed by atoms with Crippen molar-refractivity contribution in [1.82, 2.24) is 15.1 Å². The van der Waals surface area contributed by atoms with Gasteiger partial charge >= 0.3 is 0 Å². The summed E-state index contributed by atoms with van der Waals surface area (Å²) < 4.78 is 5.01. The van der Waals surface area contributed by atoms with E-state index < -0.39 is 0 Å². The minimum Gasteiger partial charge on any atom is -0.370 e. The molecule has 2 N–H and O–H groups in total. The number of aryl methyl sites for hydroxylation is 1. The van der Waals surface area contributed by atoms with E-state index in [4.69, 9.17) is 4.52 Å². The van der Waals surface area contributed by atoms with E-state index in [0.29, 0.717) is 6.54 Å². The Morgan fingerprint density at radius 2 is 1.89 bits per heavy atom. The van der Waals surface area contributed by atoms with Gasteiger partial charge in [-0.25, -0.2) is 9.97 Å². The number of aromatic nitrogens is 3. The van der Waals surface area contributed by atoms with Crippen LogP contribution in [-0.2, 0) is 6.54 Å². The third-order valence-corrected chi connectivity index (χ3v) is 2.54. The Hall–Kier alpha value is -2.11. The molecular weight excluding hydrogens is 230 g/mol. The Labute approximate surface area is 106 Å². The van der Waals surface area contributed by atoms with Crippen LogP contribution in [0.4, 0.5) is 11.6 Å². The predicted octanol–water partition coefficient (Wildman–Crippen LogP) is 2.13. The minimum atomic E-state index is 0.584. The second-order valence-corrected chi connectivity index (χ2v) is 4.01. The Kier molecular flexibility index (Phi) is 3.76. The molecule has 96 valence electrons. The van der Waals surface area contributed by atoms with Crippen LogP contribution >= 0.6 is 0 Å². The standard InChI is InChI=1S/C12H17N5O/c1-4-13-11-9(3)12(16-7-15-11)14-6-10-5-8(2)18-17-10/h5,7H,4,6H2,1-3H3,(H2,13,14,15,16).